The lowest BCUT2D eigenvalue weighted by Crippen LogP contribution is -2.49. The quantitative estimate of drug-likeness (QED) is 0.384. The number of carbonyl (C=O) groups excluding carboxylic acids is 2. The minimum atomic E-state index is -0.231. The van der Waals surface area contributed by atoms with E-state index < -0.39 is 0 Å². The van der Waals surface area contributed by atoms with Crippen LogP contribution in [0, 0.1) is 6.92 Å². The lowest BCUT2D eigenvalue weighted by molar-refractivity contribution is -0.136. The van der Waals surface area contributed by atoms with E-state index in [4.69, 9.17) is 9.47 Å². The highest BCUT2D eigenvalue weighted by molar-refractivity contribution is 7.10. The SMILES string of the molecule is CC[C@H](C)N(CC(=O)N1CCc2sccc2[C@@H]1COc1ccccc1OC)C(=O)c1ccc(C)cc1. The van der Waals surface area contributed by atoms with Crippen LogP contribution in [0.25, 0.3) is 0 Å². The third-order valence-corrected chi connectivity index (χ3v) is 7.87. The predicted octanol–water partition coefficient (Wildman–Crippen LogP) is 5.51. The fourth-order valence-electron chi connectivity index (χ4n) is 4.53. The van der Waals surface area contributed by atoms with Gasteiger partial charge in [0.25, 0.3) is 5.91 Å². The number of methoxy groups -OCH3 is 1. The van der Waals surface area contributed by atoms with Crippen LogP contribution in [0.3, 0.4) is 0 Å². The maximum atomic E-state index is 13.8. The molecule has 1 aromatic heterocycles. The van der Waals surface area contributed by atoms with Crippen molar-refractivity contribution in [2.24, 2.45) is 0 Å². The highest BCUT2D eigenvalue weighted by Crippen LogP contribution is 2.35. The number of fused-ring (bicyclic) bond motifs is 1. The molecule has 0 saturated heterocycles. The molecule has 0 spiro atoms. The summed E-state index contributed by atoms with van der Waals surface area (Å²) in [5.74, 6) is 1.11. The van der Waals surface area contributed by atoms with Crippen molar-refractivity contribution in [3.63, 3.8) is 0 Å². The fourth-order valence-corrected chi connectivity index (χ4v) is 5.46. The van der Waals surface area contributed by atoms with E-state index in [1.165, 1.54) is 4.88 Å². The number of benzene rings is 2. The van der Waals surface area contributed by atoms with E-state index in [2.05, 4.69) is 11.4 Å². The molecular weight excluding hydrogens is 472 g/mol. The summed E-state index contributed by atoms with van der Waals surface area (Å²) in [5.41, 5.74) is 2.81. The Balaban J connectivity index is 1.56. The standard InChI is InChI=1S/C29H34N2O4S/c1-5-21(3)31(29(33)22-12-10-20(2)11-13-22)18-28(32)30-16-14-27-23(15-17-36-27)24(30)19-35-26-9-7-6-8-25(26)34-4/h6-13,15,17,21,24H,5,14,16,18-19H2,1-4H3/t21-,24-/m0/s1. The molecule has 0 N–H and O–H groups in total. The van der Waals surface area contributed by atoms with Gasteiger partial charge < -0.3 is 19.3 Å². The summed E-state index contributed by atoms with van der Waals surface area (Å²) in [6, 6.07) is 16.8. The van der Waals surface area contributed by atoms with Gasteiger partial charge in [0.15, 0.2) is 11.5 Å². The van der Waals surface area contributed by atoms with Crippen molar-refractivity contribution in [3.05, 3.63) is 81.5 Å². The summed E-state index contributed by atoms with van der Waals surface area (Å²) in [5, 5.41) is 2.07. The molecule has 4 rings (SSSR count). The van der Waals surface area contributed by atoms with Crippen LogP contribution in [0.4, 0.5) is 0 Å². The first-order valence-electron chi connectivity index (χ1n) is 12.4. The number of hydrogen-bond donors (Lipinski definition) is 0. The number of amides is 2. The third kappa shape index (κ3) is 5.57. The van der Waals surface area contributed by atoms with Crippen LogP contribution in [-0.4, -0.2) is 54.5 Å². The Morgan fingerprint density at radius 1 is 1.11 bits per heavy atom. The largest absolute Gasteiger partial charge is 0.493 e. The van der Waals surface area contributed by atoms with E-state index in [9.17, 15) is 9.59 Å². The number of rotatable bonds is 9. The van der Waals surface area contributed by atoms with E-state index in [0.717, 1.165) is 24.0 Å². The van der Waals surface area contributed by atoms with Crippen molar-refractivity contribution in [1.29, 1.82) is 0 Å². The molecular formula is C29H34N2O4S. The van der Waals surface area contributed by atoms with E-state index in [1.54, 1.807) is 23.3 Å². The van der Waals surface area contributed by atoms with Gasteiger partial charge in [-0.05, 0) is 68.0 Å². The van der Waals surface area contributed by atoms with E-state index >= 15 is 0 Å². The van der Waals surface area contributed by atoms with Crippen LogP contribution >= 0.6 is 11.3 Å². The van der Waals surface area contributed by atoms with Crippen molar-refractivity contribution in [2.45, 2.75) is 45.7 Å². The summed E-state index contributed by atoms with van der Waals surface area (Å²) in [6.45, 7) is 6.96. The molecule has 2 amide bonds. The molecule has 190 valence electrons. The molecule has 0 fully saturated rings. The van der Waals surface area contributed by atoms with Crippen LogP contribution in [0.1, 0.15) is 52.7 Å². The van der Waals surface area contributed by atoms with Crippen molar-refractivity contribution < 1.29 is 19.1 Å². The van der Waals surface area contributed by atoms with Gasteiger partial charge >= 0.3 is 0 Å². The van der Waals surface area contributed by atoms with Crippen LogP contribution in [0.5, 0.6) is 11.5 Å². The third-order valence-electron chi connectivity index (χ3n) is 6.87. The average molecular weight is 507 g/mol. The second-order valence-electron chi connectivity index (χ2n) is 9.17. The monoisotopic (exact) mass is 506 g/mol. The van der Waals surface area contributed by atoms with Gasteiger partial charge in [0, 0.05) is 23.0 Å². The maximum absolute atomic E-state index is 13.8. The van der Waals surface area contributed by atoms with Gasteiger partial charge in [0.1, 0.15) is 13.2 Å². The number of thiophene rings is 1. The molecule has 0 bridgehead atoms. The molecule has 1 aliphatic rings. The maximum Gasteiger partial charge on any atom is 0.254 e. The molecule has 6 nitrogen and oxygen atoms in total. The minimum Gasteiger partial charge on any atom is -0.493 e. The molecule has 36 heavy (non-hydrogen) atoms. The minimum absolute atomic E-state index is 0.0341. The van der Waals surface area contributed by atoms with Gasteiger partial charge in [-0.2, -0.15) is 0 Å². The number of carbonyl (C=O) groups is 2. The van der Waals surface area contributed by atoms with Crippen molar-refractivity contribution in [3.8, 4) is 11.5 Å². The van der Waals surface area contributed by atoms with Gasteiger partial charge in [-0.3, -0.25) is 9.59 Å². The van der Waals surface area contributed by atoms with Crippen molar-refractivity contribution >= 4 is 23.2 Å². The summed E-state index contributed by atoms with van der Waals surface area (Å²) >= 11 is 1.72. The number of aryl methyl sites for hydroxylation is 1. The Morgan fingerprint density at radius 3 is 2.53 bits per heavy atom. The Labute approximate surface area is 217 Å². The lowest BCUT2D eigenvalue weighted by Gasteiger charge is -2.38. The molecule has 2 atom stereocenters. The van der Waals surface area contributed by atoms with Crippen LogP contribution in [0.2, 0.25) is 0 Å². The van der Waals surface area contributed by atoms with Gasteiger partial charge in [0.2, 0.25) is 5.91 Å². The number of nitrogens with zero attached hydrogens (tertiary/aromatic N) is 2. The van der Waals surface area contributed by atoms with E-state index in [0.29, 0.717) is 30.2 Å². The summed E-state index contributed by atoms with van der Waals surface area (Å²) in [7, 11) is 1.62. The summed E-state index contributed by atoms with van der Waals surface area (Å²) < 4.78 is 11.6. The number of ether oxygens (including phenoxy) is 2. The van der Waals surface area contributed by atoms with Crippen molar-refractivity contribution in [2.75, 3.05) is 26.8 Å². The number of hydrogen-bond acceptors (Lipinski definition) is 5. The molecule has 2 aromatic carbocycles. The Bertz CT molecular complexity index is 1190. The molecule has 0 radical (unpaired) electrons. The Morgan fingerprint density at radius 2 is 1.83 bits per heavy atom. The fraction of sp³-hybridized carbons (Fsp3) is 0.379. The average Bonchev–Trinajstić information content (AvgIpc) is 3.39. The molecule has 2 heterocycles. The normalized spacial score (nSPS) is 15.7. The second kappa shape index (κ2) is 11.6. The molecule has 0 saturated carbocycles. The lowest BCUT2D eigenvalue weighted by atomic mass is 10.00. The first-order valence-corrected chi connectivity index (χ1v) is 13.3. The summed E-state index contributed by atoms with van der Waals surface area (Å²) in [6.07, 6.45) is 1.57. The topological polar surface area (TPSA) is 59.1 Å². The Hall–Kier alpha value is -3.32. The molecule has 1 aliphatic heterocycles. The Kier molecular flexibility index (Phi) is 8.31. The van der Waals surface area contributed by atoms with Crippen LogP contribution < -0.4 is 9.47 Å². The zero-order valence-corrected chi connectivity index (χ0v) is 22.2. The summed E-state index contributed by atoms with van der Waals surface area (Å²) in [4.78, 5) is 32.0. The molecule has 3 aromatic rings. The zero-order valence-electron chi connectivity index (χ0n) is 21.4. The van der Waals surface area contributed by atoms with Gasteiger partial charge in [0.05, 0.1) is 13.2 Å². The first-order chi connectivity index (χ1) is 17.4. The van der Waals surface area contributed by atoms with Crippen LogP contribution in [0.15, 0.2) is 60.0 Å². The van der Waals surface area contributed by atoms with E-state index in [-0.39, 0.29) is 30.4 Å². The first kappa shape index (κ1) is 25.8. The van der Waals surface area contributed by atoms with E-state index in [1.807, 2.05) is 74.2 Å². The smallest absolute Gasteiger partial charge is 0.254 e. The highest BCUT2D eigenvalue weighted by Gasteiger charge is 2.34. The van der Waals surface area contributed by atoms with Gasteiger partial charge in [-0.1, -0.05) is 36.8 Å². The molecule has 7 heteroatoms. The molecule has 0 aliphatic carbocycles. The van der Waals surface area contributed by atoms with Gasteiger partial charge in [-0.25, -0.2) is 0 Å². The number of para-hydroxylation sites is 2. The van der Waals surface area contributed by atoms with Crippen LogP contribution in [-0.2, 0) is 11.2 Å². The zero-order chi connectivity index (χ0) is 25.7. The molecule has 0 unspecified atom stereocenters. The highest BCUT2D eigenvalue weighted by atomic mass is 32.1. The van der Waals surface area contributed by atoms with Crippen molar-refractivity contribution in [1.82, 2.24) is 9.80 Å². The predicted molar refractivity (Wildman–Crippen MR) is 143 cm³/mol. The van der Waals surface area contributed by atoms with Gasteiger partial charge in [-0.15, -0.1) is 11.3 Å². The second-order valence-corrected chi connectivity index (χ2v) is 10.2.